The van der Waals surface area contributed by atoms with Crippen molar-refractivity contribution in [1.82, 2.24) is 20.0 Å². The molecule has 2 aromatic rings. The topological polar surface area (TPSA) is 110 Å². The zero-order valence-corrected chi connectivity index (χ0v) is 19.2. The van der Waals surface area contributed by atoms with Crippen LogP contribution in [0.15, 0.2) is 11.6 Å². The largest absolute Gasteiger partial charge is 0.462 e. The number of hydrogen-bond donors (Lipinski definition) is 0. The van der Waals surface area contributed by atoms with Crippen molar-refractivity contribution in [3.05, 3.63) is 28.5 Å². The van der Waals surface area contributed by atoms with Gasteiger partial charge in [-0.25, -0.2) is 0 Å². The molecule has 2 heterocycles. The molecule has 0 aromatic carbocycles. The number of ether oxygens (including phenoxy) is 1. The average molecular weight is 446 g/mol. The molecular formula is C25H27N5O3. The van der Waals surface area contributed by atoms with E-state index < -0.39 is 0 Å². The summed E-state index contributed by atoms with van der Waals surface area (Å²) in [5.41, 5.74) is 3.22. The molecule has 0 aliphatic heterocycles. The molecule has 4 aliphatic rings. The molecule has 0 spiro atoms. The van der Waals surface area contributed by atoms with E-state index in [1.54, 1.807) is 4.52 Å². The molecule has 3 fully saturated rings. The van der Waals surface area contributed by atoms with Gasteiger partial charge in [0.05, 0.1) is 11.3 Å². The number of pyridine rings is 1. The third-order valence-corrected chi connectivity index (χ3v) is 9.36. The molecule has 6 rings (SSSR count). The maximum absolute atomic E-state index is 13.6. The number of carbonyl (C=O) groups is 2. The molecular weight excluding hydrogens is 418 g/mol. The zero-order valence-electron chi connectivity index (χ0n) is 19.2. The lowest BCUT2D eigenvalue weighted by molar-refractivity contribution is -0.158. The molecule has 0 N–H and O–H groups in total. The second-order valence-corrected chi connectivity index (χ2v) is 10.9. The summed E-state index contributed by atoms with van der Waals surface area (Å²) in [4.78, 5) is 25.3. The first-order valence-corrected chi connectivity index (χ1v) is 11.8. The Kier molecular flexibility index (Phi) is 4.18. The number of fused-ring (bicyclic) bond motifs is 8. The second kappa shape index (κ2) is 6.72. The van der Waals surface area contributed by atoms with Crippen LogP contribution in [-0.4, -0.2) is 37.9 Å². The lowest BCUT2D eigenvalue weighted by atomic mass is 9.47. The highest BCUT2D eigenvalue weighted by Gasteiger charge is 2.61. The van der Waals surface area contributed by atoms with Crippen LogP contribution in [0.3, 0.4) is 0 Å². The van der Waals surface area contributed by atoms with Crippen LogP contribution < -0.4 is 0 Å². The monoisotopic (exact) mass is 445 g/mol. The quantitative estimate of drug-likeness (QED) is 0.619. The van der Waals surface area contributed by atoms with Gasteiger partial charge in [0.15, 0.2) is 11.4 Å². The molecule has 0 amide bonds. The molecule has 33 heavy (non-hydrogen) atoms. The standard InChI is InChI=1S/C25H27N5O3/c1-13(31)33-22-5-4-17-16-9-21(32)19-10-20-14(8-15(12-26)23-27-28-29-30(20)23)11-25(19,3)18(16)6-7-24(17,22)2/h8,10,16-18,22H,4-7,9,11H2,1-3H3/t16-,17-,18-,22-,24-,25+/m0/s1. The molecule has 6 atom stereocenters. The van der Waals surface area contributed by atoms with E-state index in [0.29, 0.717) is 35.9 Å². The van der Waals surface area contributed by atoms with E-state index in [1.165, 1.54) is 6.92 Å². The molecule has 3 saturated carbocycles. The lowest BCUT2D eigenvalue weighted by Crippen LogP contribution is -2.54. The molecule has 0 saturated heterocycles. The molecule has 0 radical (unpaired) electrons. The summed E-state index contributed by atoms with van der Waals surface area (Å²) >= 11 is 0. The van der Waals surface area contributed by atoms with Gasteiger partial charge in [-0.3, -0.25) is 9.59 Å². The van der Waals surface area contributed by atoms with E-state index in [9.17, 15) is 14.9 Å². The number of ketones is 1. The van der Waals surface area contributed by atoms with E-state index in [-0.39, 0.29) is 34.6 Å². The Morgan fingerprint density at radius 3 is 2.85 bits per heavy atom. The lowest BCUT2D eigenvalue weighted by Gasteiger charge is -2.57. The fraction of sp³-hybridized carbons (Fsp3) is 0.600. The van der Waals surface area contributed by atoms with Crippen LogP contribution >= 0.6 is 0 Å². The number of Topliss-reactive ketones (excluding diaryl/α,β-unsaturated/α-hetero) is 1. The molecule has 8 nitrogen and oxygen atoms in total. The number of nitriles is 1. The number of hydrogen-bond acceptors (Lipinski definition) is 7. The number of rotatable bonds is 1. The third-order valence-electron chi connectivity index (χ3n) is 9.36. The summed E-state index contributed by atoms with van der Waals surface area (Å²) in [5, 5.41) is 21.5. The van der Waals surface area contributed by atoms with Gasteiger partial charge in [0.25, 0.3) is 0 Å². The predicted octanol–water partition coefficient (Wildman–Crippen LogP) is 3.29. The van der Waals surface area contributed by atoms with Crippen molar-refractivity contribution in [1.29, 1.82) is 5.26 Å². The van der Waals surface area contributed by atoms with Crippen molar-refractivity contribution in [3.8, 4) is 6.07 Å². The fourth-order valence-corrected chi connectivity index (χ4v) is 7.90. The van der Waals surface area contributed by atoms with Gasteiger partial charge >= 0.3 is 5.97 Å². The van der Waals surface area contributed by atoms with Crippen molar-refractivity contribution >= 4 is 23.5 Å². The number of esters is 1. The predicted molar refractivity (Wildman–Crippen MR) is 118 cm³/mol. The average Bonchev–Trinajstić information content (AvgIpc) is 3.37. The Labute approximate surface area is 192 Å². The summed E-state index contributed by atoms with van der Waals surface area (Å²) < 4.78 is 7.34. The Morgan fingerprint density at radius 1 is 1.27 bits per heavy atom. The highest BCUT2D eigenvalue weighted by Crippen LogP contribution is 2.65. The Balaban J connectivity index is 1.42. The molecule has 2 aromatic heterocycles. The Bertz CT molecular complexity index is 1290. The molecule has 170 valence electrons. The van der Waals surface area contributed by atoms with E-state index in [1.807, 2.05) is 12.1 Å². The van der Waals surface area contributed by atoms with Crippen molar-refractivity contribution in [2.75, 3.05) is 0 Å². The van der Waals surface area contributed by atoms with Crippen LogP contribution in [-0.2, 0) is 20.7 Å². The number of carbonyl (C=O) groups excluding carboxylic acids is 2. The van der Waals surface area contributed by atoms with Crippen molar-refractivity contribution in [2.45, 2.75) is 65.4 Å². The van der Waals surface area contributed by atoms with Crippen molar-refractivity contribution in [3.63, 3.8) is 0 Å². The first-order chi connectivity index (χ1) is 15.8. The summed E-state index contributed by atoms with van der Waals surface area (Å²) in [6.07, 6.45) is 7.04. The maximum atomic E-state index is 13.6. The zero-order chi connectivity index (χ0) is 23.1. The van der Waals surface area contributed by atoms with Gasteiger partial charge in [-0.15, -0.1) is 5.10 Å². The minimum absolute atomic E-state index is 0.0563. The minimum atomic E-state index is -0.289. The second-order valence-electron chi connectivity index (χ2n) is 10.9. The molecule has 4 aliphatic carbocycles. The number of allylic oxidation sites excluding steroid dienone is 1. The molecule has 0 unspecified atom stereocenters. The number of tetrazole rings is 1. The van der Waals surface area contributed by atoms with Crippen LogP contribution in [0.4, 0.5) is 0 Å². The minimum Gasteiger partial charge on any atom is -0.462 e. The smallest absolute Gasteiger partial charge is 0.302 e. The molecule has 8 heteroatoms. The molecule has 0 bridgehead atoms. The van der Waals surface area contributed by atoms with Gasteiger partial charge in [0.2, 0.25) is 0 Å². The van der Waals surface area contributed by atoms with Gasteiger partial charge in [-0.2, -0.15) is 9.78 Å². The van der Waals surface area contributed by atoms with Crippen molar-refractivity contribution in [2.24, 2.45) is 28.6 Å². The first-order valence-electron chi connectivity index (χ1n) is 11.8. The van der Waals surface area contributed by atoms with Crippen LogP contribution in [0.1, 0.15) is 69.7 Å². The van der Waals surface area contributed by atoms with Crippen LogP contribution in [0.25, 0.3) is 11.7 Å². The summed E-state index contributed by atoms with van der Waals surface area (Å²) in [7, 11) is 0. The van der Waals surface area contributed by atoms with Gasteiger partial charge in [-0.1, -0.05) is 13.8 Å². The summed E-state index contributed by atoms with van der Waals surface area (Å²) in [5.74, 6) is 1.02. The highest BCUT2D eigenvalue weighted by atomic mass is 16.5. The highest BCUT2D eigenvalue weighted by molar-refractivity contribution is 6.02. The fourth-order valence-electron chi connectivity index (χ4n) is 7.90. The van der Waals surface area contributed by atoms with Crippen LogP contribution in [0.2, 0.25) is 0 Å². The van der Waals surface area contributed by atoms with Gasteiger partial charge in [0.1, 0.15) is 12.2 Å². The van der Waals surface area contributed by atoms with Crippen LogP contribution in [0.5, 0.6) is 0 Å². The van der Waals surface area contributed by atoms with E-state index in [4.69, 9.17) is 4.74 Å². The summed E-state index contributed by atoms with van der Waals surface area (Å²) in [6.45, 7) is 5.98. The Hall–Kier alpha value is -3.08. The van der Waals surface area contributed by atoms with Gasteiger partial charge in [0, 0.05) is 29.7 Å². The van der Waals surface area contributed by atoms with E-state index >= 15 is 0 Å². The van der Waals surface area contributed by atoms with Gasteiger partial charge < -0.3 is 4.74 Å². The SMILES string of the molecule is CC(=O)O[C@H]1CC[C@H]2[C@@H]3CC(=O)C4=Cc5c(cc(C#N)c6nnnn56)C[C@]4(C)[C@H]3CC[C@]12C. The van der Waals surface area contributed by atoms with Crippen LogP contribution in [0, 0.1) is 39.9 Å². The first kappa shape index (κ1) is 20.5. The Morgan fingerprint density at radius 2 is 2.09 bits per heavy atom. The third kappa shape index (κ3) is 2.65. The summed E-state index contributed by atoms with van der Waals surface area (Å²) in [6, 6.07) is 4.11. The number of nitrogens with zero attached hydrogens (tertiary/aromatic N) is 5. The number of aromatic nitrogens is 4. The maximum Gasteiger partial charge on any atom is 0.302 e. The van der Waals surface area contributed by atoms with Gasteiger partial charge in [-0.05, 0) is 78.0 Å². The normalized spacial score (nSPS) is 36.8. The van der Waals surface area contributed by atoms with E-state index in [0.717, 1.165) is 42.5 Å². The van der Waals surface area contributed by atoms with Crippen molar-refractivity contribution < 1.29 is 14.3 Å². The van der Waals surface area contributed by atoms with E-state index in [2.05, 4.69) is 35.4 Å².